The molecule has 0 fully saturated rings. The first-order chi connectivity index (χ1) is 25.0. The maximum atomic E-state index is 12.6. The summed E-state index contributed by atoms with van der Waals surface area (Å²) in [5.74, 6) is -0.966. The van der Waals surface area contributed by atoms with E-state index in [4.69, 9.17) is 14.2 Å². The molecule has 0 saturated carbocycles. The lowest BCUT2D eigenvalue weighted by atomic mass is 10.1. The number of esters is 3. The Balaban J connectivity index is 4.45. The van der Waals surface area contributed by atoms with Gasteiger partial charge in [0.15, 0.2) is 6.10 Å². The van der Waals surface area contributed by atoms with Gasteiger partial charge in [-0.15, -0.1) is 0 Å². The number of hydrogen-bond acceptors (Lipinski definition) is 6. The van der Waals surface area contributed by atoms with Crippen LogP contribution in [-0.4, -0.2) is 37.2 Å². The Bertz CT molecular complexity index is 918. The van der Waals surface area contributed by atoms with Crippen molar-refractivity contribution >= 4 is 17.9 Å². The van der Waals surface area contributed by atoms with Gasteiger partial charge in [-0.1, -0.05) is 159 Å². The number of hydrogen-bond donors (Lipinski definition) is 0. The zero-order valence-electron chi connectivity index (χ0n) is 33.4. The molecule has 0 aromatic rings. The Morgan fingerprint density at radius 3 is 1.31 bits per heavy atom. The zero-order valence-corrected chi connectivity index (χ0v) is 33.4. The third-order valence-electron chi connectivity index (χ3n) is 8.82. The van der Waals surface area contributed by atoms with Crippen LogP contribution in [0.15, 0.2) is 48.6 Å². The molecule has 1 unspecified atom stereocenters. The first-order valence-corrected chi connectivity index (χ1v) is 21.1. The predicted octanol–water partition coefficient (Wildman–Crippen LogP) is 13.2. The third-order valence-corrected chi connectivity index (χ3v) is 8.82. The number of carbonyl (C=O) groups is 3. The molecule has 0 aromatic heterocycles. The number of unbranched alkanes of at least 4 members (excludes halogenated alkanes) is 18. The normalized spacial score (nSPS) is 12.5. The fourth-order valence-corrected chi connectivity index (χ4v) is 5.63. The molecule has 0 spiro atoms. The summed E-state index contributed by atoms with van der Waals surface area (Å²) < 4.78 is 16.6. The fraction of sp³-hybridized carbons (Fsp3) is 0.756. The second-order valence-corrected chi connectivity index (χ2v) is 13.9. The highest BCUT2D eigenvalue weighted by molar-refractivity contribution is 5.71. The molecule has 6 nitrogen and oxygen atoms in total. The van der Waals surface area contributed by atoms with Crippen molar-refractivity contribution in [1.82, 2.24) is 0 Å². The Labute approximate surface area is 314 Å². The van der Waals surface area contributed by atoms with Crippen LogP contribution >= 0.6 is 0 Å². The smallest absolute Gasteiger partial charge is 0.306 e. The molecule has 294 valence electrons. The molecule has 6 heteroatoms. The van der Waals surface area contributed by atoms with Crippen molar-refractivity contribution in [3.63, 3.8) is 0 Å². The van der Waals surface area contributed by atoms with Gasteiger partial charge in [-0.3, -0.25) is 14.4 Å². The molecule has 0 amide bonds. The van der Waals surface area contributed by atoms with E-state index in [2.05, 4.69) is 69.4 Å². The second kappa shape index (κ2) is 40.1. The molecular formula is C45H78O6. The summed E-state index contributed by atoms with van der Waals surface area (Å²) in [6.07, 6.45) is 45.3. The summed E-state index contributed by atoms with van der Waals surface area (Å²) >= 11 is 0. The Hall–Kier alpha value is -2.63. The fourth-order valence-electron chi connectivity index (χ4n) is 5.63. The van der Waals surface area contributed by atoms with Gasteiger partial charge in [-0.05, 0) is 70.6 Å². The van der Waals surface area contributed by atoms with Gasteiger partial charge in [0.1, 0.15) is 13.2 Å². The monoisotopic (exact) mass is 715 g/mol. The molecule has 1 atom stereocenters. The molecule has 0 aromatic carbocycles. The van der Waals surface area contributed by atoms with E-state index in [9.17, 15) is 14.4 Å². The van der Waals surface area contributed by atoms with E-state index in [1.807, 2.05) is 0 Å². The van der Waals surface area contributed by atoms with Gasteiger partial charge in [-0.2, -0.15) is 0 Å². The van der Waals surface area contributed by atoms with Crippen molar-refractivity contribution in [2.24, 2.45) is 0 Å². The van der Waals surface area contributed by atoms with Gasteiger partial charge >= 0.3 is 17.9 Å². The average molecular weight is 715 g/mol. The molecule has 0 aliphatic heterocycles. The maximum absolute atomic E-state index is 12.6. The Morgan fingerprint density at radius 1 is 0.412 bits per heavy atom. The lowest BCUT2D eigenvalue weighted by Gasteiger charge is -2.18. The molecule has 51 heavy (non-hydrogen) atoms. The number of carbonyl (C=O) groups excluding carboxylic acids is 3. The highest BCUT2D eigenvalue weighted by atomic mass is 16.6. The molecule has 0 radical (unpaired) electrons. The van der Waals surface area contributed by atoms with Crippen LogP contribution in [0.2, 0.25) is 0 Å². The molecule has 0 rings (SSSR count). The summed E-state index contributed by atoms with van der Waals surface area (Å²) in [6.45, 7) is 6.40. The molecule has 0 heterocycles. The van der Waals surface area contributed by atoms with E-state index >= 15 is 0 Å². The standard InChI is InChI=1S/C45H78O6/c1-4-7-10-13-16-19-22-24-26-29-32-35-38-44(47)50-41-42(40-49-43(46)37-34-31-28-25-21-18-15-12-9-6-3)51-45(48)39-36-33-30-27-23-20-17-14-11-8-5-2/h8,11,16-17,19-20,27,30,42H,4-7,9-10,12-15,18,21-26,28-29,31-41H2,1-3H3/b11-8-,19-16-,20-17-,30-27-. The number of ether oxygens (including phenoxy) is 3. The molecule has 0 saturated heterocycles. The maximum Gasteiger partial charge on any atom is 0.306 e. The second-order valence-electron chi connectivity index (χ2n) is 13.9. The molecule has 0 aliphatic rings. The first kappa shape index (κ1) is 48.4. The molecular weight excluding hydrogens is 636 g/mol. The summed E-state index contributed by atoms with van der Waals surface area (Å²) in [6, 6.07) is 0. The van der Waals surface area contributed by atoms with Crippen molar-refractivity contribution in [2.45, 2.75) is 207 Å². The van der Waals surface area contributed by atoms with Crippen LogP contribution in [0.3, 0.4) is 0 Å². The number of allylic oxidation sites excluding steroid dienone is 8. The molecule has 0 N–H and O–H groups in total. The van der Waals surface area contributed by atoms with Gasteiger partial charge in [0.25, 0.3) is 0 Å². The van der Waals surface area contributed by atoms with Crippen molar-refractivity contribution < 1.29 is 28.6 Å². The lowest BCUT2D eigenvalue weighted by molar-refractivity contribution is -0.167. The predicted molar refractivity (Wildman–Crippen MR) is 215 cm³/mol. The largest absolute Gasteiger partial charge is 0.462 e. The van der Waals surface area contributed by atoms with Crippen molar-refractivity contribution in [2.75, 3.05) is 13.2 Å². The van der Waals surface area contributed by atoms with Gasteiger partial charge in [0.2, 0.25) is 0 Å². The summed E-state index contributed by atoms with van der Waals surface area (Å²) in [5.41, 5.74) is 0. The van der Waals surface area contributed by atoms with Gasteiger partial charge in [0, 0.05) is 19.3 Å². The van der Waals surface area contributed by atoms with E-state index in [1.54, 1.807) is 0 Å². The van der Waals surface area contributed by atoms with E-state index in [1.165, 1.54) is 83.5 Å². The van der Waals surface area contributed by atoms with Crippen LogP contribution in [0, 0.1) is 0 Å². The van der Waals surface area contributed by atoms with E-state index < -0.39 is 6.10 Å². The van der Waals surface area contributed by atoms with Crippen LogP contribution in [-0.2, 0) is 28.6 Å². The van der Waals surface area contributed by atoms with Crippen molar-refractivity contribution in [3.8, 4) is 0 Å². The minimum atomic E-state index is -0.796. The minimum Gasteiger partial charge on any atom is -0.462 e. The van der Waals surface area contributed by atoms with E-state index in [-0.39, 0.29) is 37.5 Å². The summed E-state index contributed by atoms with van der Waals surface area (Å²) in [4.78, 5) is 37.5. The van der Waals surface area contributed by atoms with Crippen LogP contribution in [0.25, 0.3) is 0 Å². The number of rotatable bonds is 37. The Kier molecular flexibility index (Phi) is 38.1. The summed E-state index contributed by atoms with van der Waals surface area (Å²) in [5, 5.41) is 0. The third kappa shape index (κ3) is 38.4. The quantitative estimate of drug-likeness (QED) is 0.0276. The molecule has 0 bridgehead atoms. The minimum absolute atomic E-state index is 0.0949. The topological polar surface area (TPSA) is 78.9 Å². The summed E-state index contributed by atoms with van der Waals surface area (Å²) in [7, 11) is 0. The SMILES string of the molecule is CC/C=C\C/C=C\C/C=C\CCCC(=O)OC(COC(=O)CCCCCCC/C=C\CCCCC)COC(=O)CCCCCCCCCCCC. The lowest BCUT2D eigenvalue weighted by Crippen LogP contribution is -2.30. The average Bonchev–Trinajstić information content (AvgIpc) is 3.12. The van der Waals surface area contributed by atoms with E-state index in [0.29, 0.717) is 19.3 Å². The van der Waals surface area contributed by atoms with Crippen molar-refractivity contribution in [3.05, 3.63) is 48.6 Å². The van der Waals surface area contributed by atoms with E-state index in [0.717, 1.165) is 70.6 Å². The molecule has 0 aliphatic carbocycles. The van der Waals surface area contributed by atoms with Crippen LogP contribution in [0.4, 0.5) is 0 Å². The zero-order chi connectivity index (χ0) is 37.3. The first-order valence-electron chi connectivity index (χ1n) is 21.1. The van der Waals surface area contributed by atoms with Crippen molar-refractivity contribution in [1.29, 1.82) is 0 Å². The highest BCUT2D eigenvalue weighted by Gasteiger charge is 2.19. The Morgan fingerprint density at radius 2 is 0.784 bits per heavy atom. The van der Waals surface area contributed by atoms with Crippen LogP contribution < -0.4 is 0 Å². The van der Waals surface area contributed by atoms with Gasteiger partial charge in [-0.25, -0.2) is 0 Å². The highest BCUT2D eigenvalue weighted by Crippen LogP contribution is 2.13. The van der Waals surface area contributed by atoms with Crippen LogP contribution in [0.5, 0.6) is 0 Å². The van der Waals surface area contributed by atoms with Gasteiger partial charge in [0.05, 0.1) is 0 Å². The van der Waals surface area contributed by atoms with Crippen LogP contribution in [0.1, 0.15) is 201 Å². The van der Waals surface area contributed by atoms with Gasteiger partial charge < -0.3 is 14.2 Å².